The van der Waals surface area contributed by atoms with Gasteiger partial charge in [-0.15, -0.1) is 3.89 Å². The van der Waals surface area contributed by atoms with Crippen LogP contribution in [0.2, 0.25) is 15.1 Å². The maximum atomic E-state index is 13.2. The van der Waals surface area contributed by atoms with Crippen LogP contribution in [0.1, 0.15) is 11.1 Å². The number of benzene rings is 2. The van der Waals surface area contributed by atoms with Crippen LogP contribution in [-0.4, -0.2) is 20.9 Å². The van der Waals surface area contributed by atoms with Gasteiger partial charge in [-0.1, -0.05) is 40.9 Å². The Balaban J connectivity index is 1.56. The van der Waals surface area contributed by atoms with E-state index < -0.39 is 15.1 Å². The molecule has 1 aromatic heterocycles. The van der Waals surface area contributed by atoms with Crippen molar-refractivity contribution in [2.45, 2.75) is 18.0 Å². The Morgan fingerprint density at radius 1 is 1.00 bits per heavy atom. The fourth-order valence-electron chi connectivity index (χ4n) is 2.80. The third-order valence-corrected chi connectivity index (χ3v) is 6.34. The molecule has 0 unspecified atom stereocenters. The van der Waals surface area contributed by atoms with E-state index in [0.29, 0.717) is 27.9 Å². The van der Waals surface area contributed by atoms with Gasteiger partial charge in [0.2, 0.25) is 0 Å². The number of ether oxygens (including phenoxy) is 1. The van der Waals surface area contributed by atoms with E-state index in [4.69, 9.17) is 39.5 Å². The van der Waals surface area contributed by atoms with Crippen LogP contribution < -0.4 is 14.6 Å². The molecule has 0 fully saturated rings. The van der Waals surface area contributed by atoms with Gasteiger partial charge in [0.15, 0.2) is 25.5 Å². The van der Waals surface area contributed by atoms with Gasteiger partial charge in [-0.3, -0.25) is 4.79 Å². The summed E-state index contributed by atoms with van der Waals surface area (Å²) in [6, 6.07) is 12.4. The van der Waals surface area contributed by atoms with Crippen LogP contribution in [0, 0.1) is 0 Å². The van der Waals surface area contributed by atoms with Crippen molar-refractivity contribution in [3.05, 3.63) is 87.1 Å². The molecule has 0 saturated heterocycles. The summed E-state index contributed by atoms with van der Waals surface area (Å²) in [5.74, 6) is 0.110. The molecule has 1 amide bonds. The molecule has 6 nitrogen and oxygen atoms in total. The van der Waals surface area contributed by atoms with Crippen LogP contribution >= 0.6 is 34.8 Å². The van der Waals surface area contributed by atoms with E-state index in [0.717, 1.165) is 11.6 Å². The van der Waals surface area contributed by atoms with Crippen LogP contribution in [0.25, 0.3) is 0 Å². The second-order valence-electron chi connectivity index (χ2n) is 6.73. The third kappa shape index (κ3) is 6.80. The second-order valence-corrected chi connectivity index (χ2v) is 9.27. The first kappa shape index (κ1) is 24.3. The summed E-state index contributed by atoms with van der Waals surface area (Å²) < 4.78 is 42.5. The van der Waals surface area contributed by atoms with Gasteiger partial charge in [0, 0.05) is 29.8 Å². The number of aromatic nitrogens is 1. The van der Waals surface area contributed by atoms with E-state index in [1.165, 1.54) is 18.2 Å². The molecule has 0 saturated carbocycles. The van der Waals surface area contributed by atoms with E-state index >= 15 is 0 Å². The maximum absolute atomic E-state index is 13.2. The predicted molar refractivity (Wildman–Crippen MR) is 119 cm³/mol. The summed E-state index contributed by atoms with van der Waals surface area (Å²) >= 11 is 17.6. The van der Waals surface area contributed by atoms with Crippen LogP contribution in [0.3, 0.4) is 0 Å². The fourth-order valence-corrected chi connectivity index (χ4v) is 4.09. The van der Waals surface area contributed by atoms with Crippen molar-refractivity contribution >= 4 is 50.9 Å². The Morgan fingerprint density at radius 2 is 1.78 bits per heavy atom. The van der Waals surface area contributed by atoms with Gasteiger partial charge >= 0.3 is 10.2 Å². The lowest BCUT2D eigenvalue weighted by atomic mass is 10.2. The molecule has 168 valence electrons. The molecule has 0 radical (unpaired) electrons. The second kappa shape index (κ2) is 10.5. The number of carbonyl (C=O) groups is 1. The maximum Gasteiger partial charge on any atom is 0.333 e. The van der Waals surface area contributed by atoms with Crippen molar-refractivity contribution in [3.63, 3.8) is 0 Å². The van der Waals surface area contributed by atoms with E-state index in [1.54, 1.807) is 24.4 Å². The summed E-state index contributed by atoms with van der Waals surface area (Å²) in [6.45, 7) is 0.450. The van der Waals surface area contributed by atoms with E-state index in [1.807, 2.05) is 16.8 Å². The molecule has 2 aromatic carbocycles. The molecule has 32 heavy (non-hydrogen) atoms. The Hall–Kier alpha value is -2.39. The molecule has 0 aliphatic carbocycles. The average Bonchev–Trinajstić information content (AvgIpc) is 2.72. The van der Waals surface area contributed by atoms with Gasteiger partial charge in [0.1, 0.15) is 10.6 Å². The highest BCUT2D eigenvalue weighted by molar-refractivity contribution is 7.86. The molecule has 1 heterocycles. The number of nitrogens with zero attached hydrogens (tertiary/aromatic N) is 1. The number of pyridine rings is 1. The number of halogens is 4. The molecule has 0 bridgehead atoms. The van der Waals surface area contributed by atoms with Gasteiger partial charge in [-0.2, -0.15) is 8.42 Å². The molecular formula is C21H17Cl3FN2O4S+. The smallest absolute Gasteiger partial charge is 0.333 e. The summed E-state index contributed by atoms with van der Waals surface area (Å²) in [5.41, 5.74) is 1.51. The number of amides is 1. The molecule has 0 atom stereocenters. The van der Waals surface area contributed by atoms with Crippen LogP contribution in [0.4, 0.5) is 3.89 Å². The van der Waals surface area contributed by atoms with Crippen molar-refractivity contribution in [2.75, 3.05) is 6.61 Å². The zero-order valence-electron chi connectivity index (χ0n) is 16.4. The minimum Gasteiger partial charge on any atom is -0.484 e. The van der Waals surface area contributed by atoms with Crippen LogP contribution in [-0.2, 0) is 28.1 Å². The molecule has 3 aromatic rings. The van der Waals surface area contributed by atoms with Crippen molar-refractivity contribution in [1.29, 1.82) is 0 Å². The first-order chi connectivity index (χ1) is 15.1. The van der Waals surface area contributed by atoms with Crippen molar-refractivity contribution in [2.24, 2.45) is 0 Å². The van der Waals surface area contributed by atoms with Crippen molar-refractivity contribution < 1.29 is 26.4 Å². The monoisotopic (exact) mass is 517 g/mol. The topological polar surface area (TPSA) is 76.3 Å². The molecule has 0 aliphatic heterocycles. The predicted octanol–water partition coefficient (Wildman–Crippen LogP) is 4.34. The largest absolute Gasteiger partial charge is 0.484 e. The SMILES string of the molecule is O=C(COc1ccc(Cl)c(Cl)c1)NCc1ccc[n+](Cc2ccc(S(=O)(=O)F)c(Cl)c2)c1. The van der Waals surface area contributed by atoms with E-state index in [9.17, 15) is 17.1 Å². The molecule has 0 aliphatic rings. The first-order valence-corrected chi connectivity index (χ1v) is 11.7. The molecule has 0 spiro atoms. The Kier molecular flexibility index (Phi) is 7.95. The number of nitrogens with one attached hydrogen (secondary N) is 1. The summed E-state index contributed by atoms with van der Waals surface area (Å²) in [5, 5.41) is 3.30. The lowest BCUT2D eigenvalue weighted by Crippen LogP contribution is -2.35. The molecule has 3 rings (SSSR count). The number of hydrogen-bond donors (Lipinski definition) is 1. The van der Waals surface area contributed by atoms with Crippen molar-refractivity contribution in [1.82, 2.24) is 5.32 Å². The molecule has 11 heteroatoms. The van der Waals surface area contributed by atoms with Gasteiger partial charge < -0.3 is 10.1 Å². The highest BCUT2D eigenvalue weighted by Crippen LogP contribution is 2.26. The highest BCUT2D eigenvalue weighted by Gasteiger charge is 2.17. The van der Waals surface area contributed by atoms with Gasteiger partial charge in [0.25, 0.3) is 5.91 Å². The summed E-state index contributed by atoms with van der Waals surface area (Å²) in [6.07, 6.45) is 3.61. The average molecular weight is 519 g/mol. The molecular weight excluding hydrogens is 502 g/mol. The number of carbonyl (C=O) groups excluding carboxylic acids is 1. The van der Waals surface area contributed by atoms with Gasteiger partial charge in [-0.05, 0) is 30.3 Å². The van der Waals surface area contributed by atoms with Crippen LogP contribution in [0.5, 0.6) is 5.75 Å². The minimum absolute atomic E-state index is 0.184. The highest BCUT2D eigenvalue weighted by atomic mass is 35.5. The number of rotatable bonds is 8. The summed E-state index contributed by atoms with van der Waals surface area (Å²) in [4.78, 5) is 11.5. The first-order valence-electron chi connectivity index (χ1n) is 9.17. The fraction of sp³-hybridized carbons (Fsp3) is 0.143. The molecule has 1 N–H and O–H groups in total. The zero-order chi connectivity index (χ0) is 23.3. The quantitative estimate of drug-likeness (QED) is 0.356. The van der Waals surface area contributed by atoms with Gasteiger partial charge in [0.05, 0.1) is 15.1 Å². The van der Waals surface area contributed by atoms with Crippen LogP contribution in [0.15, 0.2) is 65.8 Å². The summed E-state index contributed by atoms with van der Waals surface area (Å²) in [7, 11) is -4.87. The van der Waals surface area contributed by atoms with E-state index in [-0.39, 0.29) is 24.1 Å². The Bertz CT molecular complexity index is 1260. The van der Waals surface area contributed by atoms with Crippen molar-refractivity contribution in [3.8, 4) is 5.75 Å². The lowest BCUT2D eigenvalue weighted by molar-refractivity contribution is -0.688. The zero-order valence-corrected chi connectivity index (χ0v) is 19.5. The normalized spacial score (nSPS) is 11.2. The Labute approximate surface area is 199 Å². The van der Waals surface area contributed by atoms with E-state index in [2.05, 4.69) is 5.32 Å². The standard InChI is InChI=1S/C21H16Cl3FN2O4S/c22-17-5-4-16(9-18(17)23)31-13-21(28)26-10-15-2-1-7-27(12-15)11-14-3-6-20(19(24)8-14)32(25,29)30/h1-9,12H,10-11,13H2/p+1. The van der Waals surface area contributed by atoms with Gasteiger partial charge in [-0.25, -0.2) is 4.57 Å². The lowest BCUT2D eigenvalue weighted by Gasteiger charge is -2.08. The Morgan fingerprint density at radius 3 is 2.47 bits per heavy atom. The number of hydrogen-bond acceptors (Lipinski definition) is 4. The third-order valence-electron chi connectivity index (χ3n) is 4.29. The minimum atomic E-state index is -4.87.